The van der Waals surface area contributed by atoms with E-state index in [-0.39, 0.29) is 29.5 Å². The number of aromatic hydroxyl groups is 2. The minimum absolute atomic E-state index is 0.0611. The number of phenolic OH excluding ortho intramolecular Hbond substituents is 2. The number of phenols is 2. The summed E-state index contributed by atoms with van der Waals surface area (Å²) in [6, 6.07) is 11.7. The van der Waals surface area contributed by atoms with Crippen molar-refractivity contribution in [2.24, 2.45) is 0 Å². The highest BCUT2D eigenvalue weighted by Gasteiger charge is 2.04. The molecule has 0 unspecified atom stereocenters. The Labute approximate surface area is 158 Å². The average molecular weight is 366 g/mol. The van der Waals surface area contributed by atoms with E-state index in [2.05, 4.69) is 0 Å². The number of benzene rings is 2. The van der Waals surface area contributed by atoms with Crippen LogP contribution >= 0.6 is 0 Å². The molecule has 0 saturated carbocycles. The lowest BCUT2D eigenvalue weighted by Gasteiger charge is -2.04. The smallest absolute Gasteiger partial charge is 0.163 e. The molecule has 0 amide bonds. The summed E-state index contributed by atoms with van der Waals surface area (Å²) in [5.41, 5.74) is 1.85. The van der Waals surface area contributed by atoms with Crippen molar-refractivity contribution in [3.63, 3.8) is 0 Å². The van der Waals surface area contributed by atoms with E-state index in [0.29, 0.717) is 18.6 Å². The fourth-order valence-corrected chi connectivity index (χ4v) is 2.42. The SMILES string of the molecule is COc1cc(C/C=C/C(=O)CC(=O)/C=C/Cc2ccc(O)cc2)ccc1O. The molecule has 2 N–H and O–H groups in total. The summed E-state index contributed by atoms with van der Waals surface area (Å²) in [5, 5.41) is 18.8. The number of ether oxygens (including phenoxy) is 1. The molecule has 2 rings (SSSR count). The molecule has 0 spiro atoms. The largest absolute Gasteiger partial charge is 0.508 e. The molecule has 0 bridgehead atoms. The first-order chi connectivity index (χ1) is 13.0. The molecule has 0 heterocycles. The Kier molecular flexibility index (Phi) is 7.37. The zero-order valence-corrected chi connectivity index (χ0v) is 15.1. The lowest BCUT2D eigenvalue weighted by atomic mass is 10.1. The van der Waals surface area contributed by atoms with Gasteiger partial charge in [-0.3, -0.25) is 9.59 Å². The molecule has 0 saturated heterocycles. The zero-order valence-electron chi connectivity index (χ0n) is 15.1. The van der Waals surface area contributed by atoms with Crippen molar-refractivity contribution < 1.29 is 24.5 Å². The van der Waals surface area contributed by atoms with Crippen LogP contribution in [0.15, 0.2) is 66.8 Å². The van der Waals surface area contributed by atoms with Gasteiger partial charge >= 0.3 is 0 Å². The molecule has 0 aliphatic heterocycles. The monoisotopic (exact) mass is 366 g/mol. The van der Waals surface area contributed by atoms with Gasteiger partial charge in [0.1, 0.15) is 5.75 Å². The topological polar surface area (TPSA) is 83.8 Å². The van der Waals surface area contributed by atoms with Crippen molar-refractivity contribution >= 4 is 11.6 Å². The lowest BCUT2D eigenvalue weighted by molar-refractivity contribution is -0.121. The van der Waals surface area contributed by atoms with E-state index in [1.807, 2.05) is 0 Å². The fraction of sp³-hybridized carbons (Fsp3) is 0.182. The second-order valence-corrected chi connectivity index (χ2v) is 6.00. The average Bonchev–Trinajstić information content (AvgIpc) is 2.64. The van der Waals surface area contributed by atoms with Crippen LogP contribution in [-0.2, 0) is 22.4 Å². The molecule has 5 heteroatoms. The van der Waals surface area contributed by atoms with Gasteiger partial charge in [-0.15, -0.1) is 0 Å². The summed E-state index contributed by atoms with van der Waals surface area (Å²) in [5.74, 6) is 0.115. The van der Waals surface area contributed by atoms with Crippen molar-refractivity contribution in [1.82, 2.24) is 0 Å². The normalized spacial score (nSPS) is 11.1. The Morgan fingerprint density at radius 1 is 0.889 bits per heavy atom. The van der Waals surface area contributed by atoms with Crippen molar-refractivity contribution in [2.45, 2.75) is 19.3 Å². The summed E-state index contributed by atoms with van der Waals surface area (Å²) < 4.78 is 5.04. The van der Waals surface area contributed by atoms with Crippen LogP contribution in [0.3, 0.4) is 0 Å². The molecular formula is C22H22O5. The highest BCUT2D eigenvalue weighted by atomic mass is 16.5. The number of hydrogen-bond acceptors (Lipinski definition) is 5. The molecule has 0 fully saturated rings. The molecule has 5 nitrogen and oxygen atoms in total. The second kappa shape index (κ2) is 9.97. The summed E-state index contributed by atoms with van der Waals surface area (Å²) >= 11 is 0. The molecular weight excluding hydrogens is 344 g/mol. The number of rotatable bonds is 9. The van der Waals surface area contributed by atoms with Crippen LogP contribution < -0.4 is 4.74 Å². The summed E-state index contributed by atoms with van der Waals surface area (Å²) in [6.07, 6.45) is 7.05. The molecule has 0 aromatic heterocycles. The van der Waals surface area contributed by atoms with Gasteiger partial charge in [-0.25, -0.2) is 0 Å². The van der Waals surface area contributed by atoms with Crippen LogP contribution in [0.1, 0.15) is 17.5 Å². The van der Waals surface area contributed by atoms with E-state index >= 15 is 0 Å². The van der Waals surface area contributed by atoms with E-state index in [1.165, 1.54) is 25.3 Å². The second-order valence-electron chi connectivity index (χ2n) is 6.00. The number of carbonyl (C=O) groups excluding carboxylic acids is 2. The molecule has 140 valence electrons. The Morgan fingerprint density at radius 3 is 2.04 bits per heavy atom. The zero-order chi connectivity index (χ0) is 19.6. The van der Waals surface area contributed by atoms with Gasteiger partial charge in [-0.1, -0.05) is 30.4 Å². The van der Waals surface area contributed by atoms with Crippen LogP contribution in [0, 0.1) is 0 Å². The van der Waals surface area contributed by atoms with Crippen molar-refractivity contribution in [3.8, 4) is 17.2 Å². The van der Waals surface area contributed by atoms with Crippen LogP contribution in [0.2, 0.25) is 0 Å². The number of ketones is 2. The Hall–Kier alpha value is -3.34. The van der Waals surface area contributed by atoms with E-state index < -0.39 is 0 Å². The maximum Gasteiger partial charge on any atom is 0.163 e. The number of methoxy groups -OCH3 is 1. The third kappa shape index (κ3) is 6.82. The highest BCUT2D eigenvalue weighted by Crippen LogP contribution is 2.26. The van der Waals surface area contributed by atoms with Crippen LogP contribution in [0.25, 0.3) is 0 Å². The van der Waals surface area contributed by atoms with Gasteiger partial charge in [0, 0.05) is 0 Å². The van der Waals surface area contributed by atoms with E-state index in [4.69, 9.17) is 4.74 Å². The predicted octanol–water partition coefficient (Wildman–Crippen LogP) is 3.53. The molecule has 27 heavy (non-hydrogen) atoms. The van der Waals surface area contributed by atoms with Crippen molar-refractivity contribution in [1.29, 1.82) is 0 Å². The quantitative estimate of drug-likeness (QED) is 0.524. The van der Waals surface area contributed by atoms with E-state index in [0.717, 1.165) is 11.1 Å². The highest BCUT2D eigenvalue weighted by molar-refractivity contribution is 6.08. The Morgan fingerprint density at radius 2 is 1.44 bits per heavy atom. The molecule has 2 aromatic rings. The van der Waals surface area contributed by atoms with Gasteiger partial charge in [-0.2, -0.15) is 0 Å². The van der Waals surface area contributed by atoms with Gasteiger partial charge in [0.05, 0.1) is 13.5 Å². The third-order valence-electron chi connectivity index (χ3n) is 3.84. The van der Waals surface area contributed by atoms with Crippen LogP contribution in [0.5, 0.6) is 17.2 Å². The fourth-order valence-electron chi connectivity index (χ4n) is 2.42. The maximum absolute atomic E-state index is 11.9. The number of hydrogen-bond donors (Lipinski definition) is 2. The van der Waals surface area contributed by atoms with Crippen LogP contribution in [0.4, 0.5) is 0 Å². The lowest BCUT2D eigenvalue weighted by Crippen LogP contribution is -2.02. The summed E-state index contributed by atoms with van der Waals surface area (Å²) in [6.45, 7) is 0. The first-order valence-corrected chi connectivity index (χ1v) is 8.50. The minimum Gasteiger partial charge on any atom is -0.508 e. The van der Waals surface area contributed by atoms with Gasteiger partial charge in [0.25, 0.3) is 0 Å². The summed E-state index contributed by atoms with van der Waals surface area (Å²) in [4.78, 5) is 23.7. The van der Waals surface area contributed by atoms with Crippen LogP contribution in [-0.4, -0.2) is 28.9 Å². The first kappa shape index (κ1) is 20.0. The molecule has 0 aliphatic carbocycles. The summed E-state index contributed by atoms with van der Waals surface area (Å²) in [7, 11) is 1.47. The van der Waals surface area contributed by atoms with Gasteiger partial charge in [0.2, 0.25) is 0 Å². The maximum atomic E-state index is 11.9. The molecule has 2 aromatic carbocycles. The predicted molar refractivity (Wildman–Crippen MR) is 103 cm³/mol. The minimum atomic E-state index is -0.264. The van der Waals surface area contributed by atoms with E-state index in [9.17, 15) is 19.8 Å². The number of allylic oxidation sites excluding steroid dienone is 4. The molecule has 0 aliphatic rings. The van der Waals surface area contributed by atoms with Gasteiger partial charge < -0.3 is 14.9 Å². The van der Waals surface area contributed by atoms with E-state index in [1.54, 1.807) is 48.6 Å². The standard InChI is InChI=1S/C22H22O5/c1-27-22-14-17(10-13-21(22)26)5-3-7-20(25)15-19(24)6-2-4-16-8-11-18(23)12-9-16/h2-3,6-14,23,26H,4-5,15H2,1H3/b6-2+,7-3+. The van der Waals surface area contributed by atoms with Gasteiger partial charge in [0.15, 0.2) is 23.1 Å². The number of carbonyl (C=O) groups is 2. The van der Waals surface area contributed by atoms with Crippen molar-refractivity contribution in [3.05, 3.63) is 77.9 Å². The van der Waals surface area contributed by atoms with Gasteiger partial charge in [-0.05, 0) is 60.4 Å². The first-order valence-electron chi connectivity index (χ1n) is 8.50. The molecule has 0 radical (unpaired) electrons. The Balaban J connectivity index is 1.78. The van der Waals surface area contributed by atoms with Crippen molar-refractivity contribution in [2.75, 3.05) is 7.11 Å². The Bertz CT molecular complexity index is 848. The molecule has 0 atom stereocenters. The third-order valence-corrected chi connectivity index (χ3v) is 3.84.